The Morgan fingerprint density at radius 3 is 1.20 bits per heavy atom. The molecule has 2 N–H and O–H groups in total. The summed E-state index contributed by atoms with van der Waals surface area (Å²) in [7, 11) is 9.90. The SMILES string of the molecule is [Cl][Zn][Cl].[NH-]CCN1CC1.[NH-]CCN1CC1. The molecule has 2 saturated heterocycles. The van der Waals surface area contributed by atoms with Gasteiger partial charge in [-0.3, -0.25) is 0 Å². The van der Waals surface area contributed by atoms with Crippen LogP contribution in [0.1, 0.15) is 0 Å². The summed E-state index contributed by atoms with van der Waals surface area (Å²) in [5.41, 5.74) is 13.5. The Hall–Kier alpha value is 1.04. The topological polar surface area (TPSA) is 53.6 Å². The van der Waals surface area contributed by atoms with E-state index in [4.69, 9.17) is 30.8 Å². The quantitative estimate of drug-likeness (QED) is 0.590. The fourth-order valence-electron chi connectivity index (χ4n) is 0.905. The van der Waals surface area contributed by atoms with Gasteiger partial charge in [-0.15, -0.1) is 13.1 Å². The van der Waals surface area contributed by atoms with Crippen molar-refractivity contribution in [3.05, 3.63) is 11.5 Å². The van der Waals surface area contributed by atoms with Gasteiger partial charge in [0.15, 0.2) is 0 Å². The number of hydrogen-bond acceptors (Lipinski definition) is 2. The third kappa shape index (κ3) is 15.0. The van der Waals surface area contributed by atoms with Crippen molar-refractivity contribution in [2.24, 2.45) is 0 Å². The Morgan fingerprint density at radius 2 is 1.13 bits per heavy atom. The molecule has 88 valence electrons. The van der Waals surface area contributed by atoms with E-state index in [0.29, 0.717) is 13.1 Å². The first kappa shape index (κ1) is 16.0. The number of halogens is 2. The van der Waals surface area contributed by atoms with Gasteiger partial charge in [-0.2, -0.15) is 0 Å². The van der Waals surface area contributed by atoms with Crippen molar-refractivity contribution in [3.8, 4) is 0 Å². The average molecular weight is 307 g/mol. The van der Waals surface area contributed by atoms with Crippen molar-refractivity contribution < 1.29 is 15.1 Å². The van der Waals surface area contributed by atoms with E-state index >= 15 is 0 Å². The van der Waals surface area contributed by atoms with Gasteiger partial charge in [0.25, 0.3) is 0 Å². The minimum atomic E-state index is -0.931. The molecule has 15 heavy (non-hydrogen) atoms. The maximum absolute atomic E-state index is 6.73. The molecule has 7 heteroatoms. The van der Waals surface area contributed by atoms with Gasteiger partial charge in [0.05, 0.1) is 0 Å². The number of nitrogens with one attached hydrogen (secondary N) is 2. The van der Waals surface area contributed by atoms with Crippen LogP contribution in [-0.4, -0.2) is 62.2 Å². The monoisotopic (exact) mass is 304 g/mol. The predicted molar refractivity (Wildman–Crippen MR) is 63.0 cm³/mol. The number of hydrogen-bond donors (Lipinski definition) is 0. The molecule has 2 fully saturated rings. The van der Waals surface area contributed by atoms with Crippen molar-refractivity contribution in [1.82, 2.24) is 9.80 Å². The van der Waals surface area contributed by atoms with E-state index in [9.17, 15) is 0 Å². The fourth-order valence-corrected chi connectivity index (χ4v) is 0.905. The Kier molecular flexibility index (Phi) is 12.3. The summed E-state index contributed by atoms with van der Waals surface area (Å²) < 4.78 is 0. The van der Waals surface area contributed by atoms with Crippen LogP contribution in [0.3, 0.4) is 0 Å². The van der Waals surface area contributed by atoms with E-state index in [1.54, 1.807) is 0 Å². The largest absolute Gasteiger partial charge is 0.676 e. The number of nitrogens with zero attached hydrogens (tertiary/aromatic N) is 2. The second-order valence-corrected chi connectivity index (χ2v) is 7.91. The second-order valence-electron chi connectivity index (χ2n) is 3.28. The maximum Gasteiger partial charge on any atom is 0.0109 e. The van der Waals surface area contributed by atoms with Crippen molar-refractivity contribution in [2.75, 3.05) is 52.4 Å². The van der Waals surface area contributed by atoms with Crippen LogP contribution in [0, 0.1) is 0 Å². The van der Waals surface area contributed by atoms with E-state index in [2.05, 4.69) is 9.80 Å². The first-order valence-electron chi connectivity index (χ1n) is 5.14. The Balaban J connectivity index is 0.000000210. The minimum Gasteiger partial charge on any atom is -0.676 e. The molecule has 2 heterocycles. The average Bonchev–Trinajstić information content (AvgIpc) is 3.01. The van der Waals surface area contributed by atoms with Crippen molar-refractivity contribution >= 4 is 19.4 Å². The first-order chi connectivity index (χ1) is 7.28. The molecule has 0 aromatic rings. The molecule has 0 saturated carbocycles. The zero-order valence-corrected chi connectivity index (χ0v) is 13.5. The normalized spacial score (nSPS) is 17.9. The van der Waals surface area contributed by atoms with Gasteiger partial charge < -0.3 is 21.3 Å². The Morgan fingerprint density at radius 1 is 0.867 bits per heavy atom. The van der Waals surface area contributed by atoms with Crippen LogP contribution < -0.4 is 0 Å². The minimum absolute atomic E-state index is 0.569. The van der Waals surface area contributed by atoms with Crippen molar-refractivity contribution in [2.45, 2.75) is 0 Å². The van der Waals surface area contributed by atoms with Crippen molar-refractivity contribution in [3.63, 3.8) is 0 Å². The Labute approximate surface area is 108 Å². The van der Waals surface area contributed by atoms with Crippen LogP contribution in [0.4, 0.5) is 0 Å². The molecule has 0 aromatic carbocycles. The second kappa shape index (κ2) is 11.5. The fraction of sp³-hybridized carbons (Fsp3) is 1.00. The molecule has 2 rings (SSSR count). The van der Waals surface area contributed by atoms with E-state index in [1.807, 2.05) is 0 Å². The summed E-state index contributed by atoms with van der Waals surface area (Å²) in [6, 6.07) is 0. The van der Waals surface area contributed by atoms with Gasteiger partial charge >= 0.3 is 34.5 Å². The molecule has 0 aliphatic carbocycles. The van der Waals surface area contributed by atoms with E-state index in [-0.39, 0.29) is 0 Å². The molecule has 2 aliphatic rings. The smallest absolute Gasteiger partial charge is 0.0109 e. The van der Waals surface area contributed by atoms with E-state index in [0.717, 1.165) is 13.1 Å². The molecule has 0 aromatic heterocycles. The molecule has 4 nitrogen and oxygen atoms in total. The maximum atomic E-state index is 6.73. The number of rotatable bonds is 4. The van der Waals surface area contributed by atoms with Crippen molar-refractivity contribution in [1.29, 1.82) is 0 Å². The van der Waals surface area contributed by atoms with E-state index < -0.39 is 15.1 Å². The van der Waals surface area contributed by atoms with Gasteiger partial charge in [-0.05, 0) is 13.1 Å². The van der Waals surface area contributed by atoms with Crippen LogP contribution in [0.15, 0.2) is 0 Å². The van der Waals surface area contributed by atoms with Crippen LogP contribution in [0.5, 0.6) is 0 Å². The van der Waals surface area contributed by atoms with Gasteiger partial charge in [-0.1, -0.05) is 0 Å². The van der Waals surface area contributed by atoms with Gasteiger partial charge in [0.1, 0.15) is 0 Å². The van der Waals surface area contributed by atoms with Gasteiger partial charge in [-0.25, -0.2) is 0 Å². The molecule has 0 unspecified atom stereocenters. The zero-order chi connectivity index (χ0) is 11.5. The molecule has 0 radical (unpaired) electrons. The standard InChI is InChI=1S/2C4H9N2.2ClH.Zn/c2*5-1-2-6-3-4-6;;;/h2*5H,1-4H2;2*1H;/q2*-1;;;+2/p-2. The predicted octanol–water partition coefficient (Wildman–Crippen LogP) is 2.08. The molecule has 2 aliphatic heterocycles. The summed E-state index contributed by atoms with van der Waals surface area (Å²) in [5, 5.41) is 0. The molecule has 0 atom stereocenters. The molecular weight excluding hydrogens is 288 g/mol. The van der Waals surface area contributed by atoms with Crippen LogP contribution in [0.25, 0.3) is 11.5 Å². The Bertz CT molecular complexity index is 120. The first-order valence-corrected chi connectivity index (χ1v) is 12.9. The zero-order valence-electron chi connectivity index (χ0n) is 9.01. The summed E-state index contributed by atoms with van der Waals surface area (Å²) >= 11 is -0.931. The summed E-state index contributed by atoms with van der Waals surface area (Å²) in [5.74, 6) is 0. The van der Waals surface area contributed by atoms with E-state index in [1.165, 1.54) is 26.2 Å². The van der Waals surface area contributed by atoms with Crippen LogP contribution >= 0.6 is 19.4 Å². The molecule has 0 amide bonds. The third-order valence-corrected chi connectivity index (χ3v) is 1.94. The van der Waals surface area contributed by atoms with Crippen LogP contribution in [-0.2, 0) is 15.1 Å². The molecule has 0 spiro atoms. The van der Waals surface area contributed by atoms with Gasteiger partial charge in [0, 0.05) is 26.2 Å². The summed E-state index contributed by atoms with van der Waals surface area (Å²) in [6.07, 6.45) is 0. The van der Waals surface area contributed by atoms with Gasteiger partial charge in [0.2, 0.25) is 0 Å². The molecule has 0 bridgehead atoms. The summed E-state index contributed by atoms with van der Waals surface area (Å²) in [6.45, 7) is 8.05. The van der Waals surface area contributed by atoms with Crippen LogP contribution in [0.2, 0.25) is 0 Å². The molecular formula is C8H18Cl2N4Zn-2. The summed E-state index contributed by atoms with van der Waals surface area (Å²) in [4.78, 5) is 4.49. The third-order valence-electron chi connectivity index (χ3n) is 1.94.